The standard InChI is InChI=1S/C9H8BrClO/c1-12-6-5-7-3-2-4-8(10)9(7)11/h2-6H,1H3. The minimum Gasteiger partial charge on any atom is -0.504 e. The number of ether oxygens (including phenoxy) is 1. The third-order valence-electron chi connectivity index (χ3n) is 1.37. The summed E-state index contributed by atoms with van der Waals surface area (Å²) >= 11 is 9.31. The minimum absolute atomic E-state index is 0.700. The zero-order valence-corrected chi connectivity index (χ0v) is 8.89. The SMILES string of the molecule is COC=Cc1cccc(Br)c1Cl. The van der Waals surface area contributed by atoms with Gasteiger partial charge >= 0.3 is 0 Å². The molecule has 0 saturated carbocycles. The molecule has 3 heteroatoms. The second-order valence-corrected chi connectivity index (χ2v) is 3.41. The largest absolute Gasteiger partial charge is 0.504 e. The molecule has 0 radical (unpaired) electrons. The molecule has 0 spiro atoms. The molecule has 64 valence electrons. The van der Waals surface area contributed by atoms with Gasteiger partial charge in [0.15, 0.2) is 0 Å². The average Bonchev–Trinajstić information content (AvgIpc) is 2.08. The Morgan fingerprint density at radius 3 is 2.92 bits per heavy atom. The van der Waals surface area contributed by atoms with Crippen LogP contribution in [0.2, 0.25) is 5.02 Å². The van der Waals surface area contributed by atoms with Crippen LogP contribution in [0.15, 0.2) is 28.9 Å². The molecular formula is C9H8BrClO. The van der Waals surface area contributed by atoms with Crippen molar-refractivity contribution in [2.24, 2.45) is 0 Å². The van der Waals surface area contributed by atoms with Crippen LogP contribution >= 0.6 is 27.5 Å². The Balaban J connectivity index is 3.00. The van der Waals surface area contributed by atoms with Crippen LogP contribution in [0, 0.1) is 0 Å². The number of hydrogen-bond donors (Lipinski definition) is 0. The zero-order chi connectivity index (χ0) is 8.97. The minimum atomic E-state index is 0.700. The van der Waals surface area contributed by atoms with Crippen LogP contribution in [0.1, 0.15) is 5.56 Å². The molecule has 0 amide bonds. The molecule has 0 fully saturated rings. The zero-order valence-electron chi connectivity index (χ0n) is 6.55. The van der Waals surface area contributed by atoms with Crippen molar-refractivity contribution in [3.8, 4) is 0 Å². The smallest absolute Gasteiger partial charge is 0.0831 e. The van der Waals surface area contributed by atoms with Gasteiger partial charge in [0.05, 0.1) is 18.4 Å². The van der Waals surface area contributed by atoms with Crippen molar-refractivity contribution in [1.29, 1.82) is 0 Å². The van der Waals surface area contributed by atoms with Crippen LogP contribution in [-0.2, 0) is 4.74 Å². The van der Waals surface area contributed by atoms with E-state index in [1.54, 1.807) is 13.4 Å². The molecule has 1 aromatic carbocycles. The van der Waals surface area contributed by atoms with E-state index >= 15 is 0 Å². The van der Waals surface area contributed by atoms with E-state index in [9.17, 15) is 0 Å². The van der Waals surface area contributed by atoms with E-state index in [2.05, 4.69) is 15.9 Å². The van der Waals surface area contributed by atoms with E-state index in [1.165, 1.54) is 0 Å². The lowest BCUT2D eigenvalue weighted by atomic mass is 10.2. The normalized spacial score (nSPS) is 10.6. The maximum absolute atomic E-state index is 5.98. The first-order chi connectivity index (χ1) is 5.75. The summed E-state index contributed by atoms with van der Waals surface area (Å²) in [6, 6.07) is 5.74. The molecule has 0 aliphatic heterocycles. The Labute approximate surface area is 85.1 Å². The number of halogens is 2. The van der Waals surface area contributed by atoms with Crippen LogP contribution in [0.3, 0.4) is 0 Å². The molecule has 12 heavy (non-hydrogen) atoms. The third kappa shape index (κ3) is 2.26. The van der Waals surface area contributed by atoms with E-state index in [0.717, 1.165) is 10.0 Å². The van der Waals surface area contributed by atoms with Gasteiger partial charge in [-0.2, -0.15) is 0 Å². The summed E-state index contributed by atoms with van der Waals surface area (Å²) in [7, 11) is 1.60. The summed E-state index contributed by atoms with van der Waals surface area (Å²) in [6.45, 7) is 0. The van der Waals surface area contributed by atoms with Gasteiger partial charge in [0.2, 0.25) is 0 Å². The Hall–Kier alpha value is -0.470. The fraction of sp³-hybridized carbons (Fsp3) is 0.111. The summed E-state index contributed by atoms with van der Waals surface area (Å²) in [6.07, 6.45) is 3.40. The molecule has 0 unspecified atom stereocenters. The van der Waals surface area contributed by atoms with Gasteiger partial charge in [-0.15, -0.1) is 0 Å². The van der Waals surface area contributed by atoms with Gasteiger partial charge in [-0.25, -0.2) is 0 Å². The summed E-state index contributed by atoms with van der Waals surface area (Å²) in [5.74, 6) is 0. The number of methoxy groups -OCH3 is 1. The molecule has 0 bridgehead atoms. The molecule has 0 aromatic heterocycles. The lowest BCUT2D eigenvalue weighted by Crippen LogP contribution is -1.76. The van der Waals surface area contributed by atoms with E-state index < -0.39 is 0 Å². The second kappa shape index (κ2) is 4.53. The first-order valence-corrected chi connectivity index (χ1v) is 4.56. The molecule has 1 nitrogen and oxygen atoms in total. The van der Waals surface area contributed by atoms with Gasteiger partial charge in [0.25, 0.3) is 0 Å². The van der Waals surface area contributed by atoms with Gasteiger partial charge in [-0.05, 0) is 33.6 Å². The number of hydrogen-bond acceptors (Lipinski definition) is 1. The van der Waals surface area contributed by atoms with Crippen LogP contribution in [0.25, 0.3) is 6.08 Å². The monoisotopic (exact) mass is 246 g/mol. The highest BCUT2D eigenvalue weighted by Crippen LogP contribution is 2.26. The fourth-order valence-electron chi connectivity index (χ4n) is 0.791. The molecule has 0 aliphatic rings. The van der Waals surface area contributed by atoms with Crippen LogP contribution in [0.4, 0.5) is 0 Å². The maximum Gasteiger partial charge on any atom is 0.0831 e. The van der Waals surface area contributed by atoms with Gasteiger partial charge < -0.3 is 4.74 Å². The molecule has 0 N–H and O–H groups in total. The maximum atomic E-state index is 5.98. The van der Waals surface area contributed by atoms with Crippen molar-refractivity contribution >= 4 is 33.6 Å². The summed E-state index contributed by atoms with van der Waals surface area (Å²) in [4.78, 5) is 0. The Morgan fingerprint density at radius 2 is 2.25 bits per heavy atom. The molecule has 0 saturated heterocycles. The van der Waals surface area contributed by atoms with E-state index in [0.29, 0.717) is 5.02 Å². The second-order valence-electron chi connectivity index (χ2n) is 2.18. The topological polar surface area (TPSA) is 9.23 Å². The summed E-state index contributed by atoms with van der Waals surface area (Å²) in [5, 5.41) is 0.700. The lowest BCUT2D eigenvalue weighted by Gasteiger charge is -1.99. The van der Waals surface area contributed by atoms with Crippen molar-refractivity contribution in [3.05, 3.63) is 39.5 Å². The van der Waals surface area contributed by atoms with Crippen molar-refractivity contribution in [2.45, 2.75) is 0 Å². The van der Waals surface area contributed by atoms with Crippen LogP contribution < -0.4 is 0 Å². The predicted molar refractivity (Wildman–Crippen MR) is 55.2 cm³/mol. The Morgan fingerprint density at radius 1 is 1.50 bits per heavy atom. The van der Waals surface area contributed by atoms with Gasteiger partial charge in [-0.3, -0.25) is 0 Å². The van der Waals surface area contributed by atoms with E-state index in [1.807, 2.05) is 24.3 Å². The number of benzene rings is 1. The first-order valence-electron chi connectivity index (χ1n) is 3.39. The predicted octanol–water partition coefficient (Wildman–Crippen LogP) is 3.72. The van der Waals surface area contributed by atoms with E-state index in [4.69, 9.17) is 16.3 Å². The highest BCUT2D eigenvalue weighted by atomic mass is 79.9. The molecule has 0 aliphatic carbocycles. The highest BCUT2D eigenvalue weighted by molar-refractivity contribution is 9.10. The highest BCUT2D eigenvalue weighted by Gasteiger charge is 1.99. The average molecular weight is 248 g/mol. The fourth-order valence-corrected chi connectivity index (χ4v) is 1.36. The molecule has 1 rings (SSSR count). The van der Waals surface area contributed by atoms with Crippen molar-refractivity contribution in [3.63, 3.8) is 0 Å². The Kier molecular flexibility index (Phi) is 3.63. The summed E-state index contributed by atoms with van der Waals surface area (Å²) < 4.78 is 5.68. The third-order valence-corrected chi connectivity index (χ3v) is 2.68. The van der Waals surface area contributed by atoms with Crippen molar-refractivity contribution in [1.82, 2.24) is 0 Å². The molecule has 0 atom stereocenters. The van der Waals surface area contributed by atoms with Gasteiger partial charge in [0, 0.05) is 4.47 Å². The van der Waals surface area contributed by atoms with E-state index in [-0.39, 0.29) is 0 Å². The van der Waals surface area contributed by atoms with Crippen molar-refractivity contribution in [2.75, 3.05) is 7.11 Å². The van der Waals surface area contributed by atoms with Crippen LogP contribution in [0.5, 0.6) is 0 Å². The summed E-state index contributed by atoms with van der Waals surface area (Å²) in [5.41, 5.74) is 0.938. The van der Waals surface area contributed by atoms with Crippen molar-refractivity contribution < 1.29 is 4.74 Å². The van der Waals surface area contributed by atoms with Gasteiger partial charge in [-0.1, -0.05) is 23.7 Å². The molecule has 1 aromatic rings. The van der Waals surface area contributed by atoms with Gasteiger partial charge in [0.1, 0.15) is 0 Å². The van der Waals surface area contributed by atoms with Crippen LogP contribution in [-0.4, -0.2) is 7.11 Å². The molecular weight excluding hydrogens is 239 g/mol. The Bertz CT molecular complexity index is 297. The first kappa shape index (κ1) is 9.62. The number of rotatable bonds is 2. The quantitative estimate of drug-likeness (QED) is 0.724. The lowest BCUT2D eigenvalue weighted by molar-refractivity contribution is 0.341. The molecule has 0 heterocycles.